The summed E-state index contributed by atoms with van der Waals surface area (Å²) >= 11 is 0. The quantitative estimate of drug-likeness (QED) is 0.857. The molecule has 0 bridgehead atoms. The first kappa shape index (κ1) is 17.4. The highest BCUT2D eigenvalue weighted by atomic mass is 16.5. The van der Waals surface area contributed by atoms with Crippen molar-refractivity contribution >= 4 is 5.91 Å². The molecule has 1 aromatic heterocycles. The monoisotopic (exact) mass is 335 g/mol. The molecule has 0 unspecified atom stereocenters. The van der Waals surface area contributed by atoms with Crippen LogP contribution >= 0.6 is 0 Å². The summed E-state index contributed by atoms with van der Waals surface area (Å²) in [5, 5.41) is 16.9. The Labute approximate surface area is 143 Å². The van der Waals surface area contributed by atoms with Crippen LogP contribution in [0.4, 0.5) is 0 Å². The Hall–Kier alpha value is -1.40. The van der Waals surface area contributed by atoms with E-state index in [9.17, 15) is 4.79 Å². The zero-order chi connectivity index (χ0) is 17.3. The van der Waals surface area contributed by atoms with Gasteiger partial charge in [0.25, 0.3) is 0 Å². The van der Waals surface area contributed by atoms with E-state index in [0.717, 1.165) is 44.5 Å². The molecule has 6 nitrogen and oxygen atoms in total. The third-order valence-electron chi connectivity index (χ3n) is 6.07. The molecule has 2 aliphatic rings. The zero-order valence-corrected chi connectivity index (χ0v) is 14.9. The SMILES string of the molecule is CC(=O)N1CCC(N[C@H]2C[C@@H](Cc3cc(CO)on3)C2(C)C)CC1. The molecule has 2 N–H and O–H groups in total. The number of rotatable bonds is 5. The van der Waals surface area contributed by atoms with Crippen LogP contribution in [0.15, 0.2) is 10.6 Å². The number of hydrogen-bond acceptors (Lipinski definition) is 5. The molecule has 24 heavy (non-hydrogen) atoms. The van der Waals surface area contributed by atoms with Crippen molar-refractivity contribution in [3.05, 3.63) is 17.5 Å². The van der Waals surface area contributed by atoms with E-state index < -0.39 is 0 Å². The fourth-order valence-electron chi connectivity index (χ4n) is 4.07. The molecule has 3 rings (SSSR count). The molecule has 2 heterocycles. The van der Waals surface area contributed by atoms with E-state index in [4.69, 9.17) is 9.63 Å². The van der Waals surface area contributed by atoms with Crippen molar-refractivity contribution < 1.29 is 14.4 Å². The summed E-state index contributed by atoms with van der Waals surface area (Å²) in [4.78, 5) is 13.4. The van der Waals surface area contributed by atoms with Gasteiger partial charge in [0.15, 0.2) is 5.76 Å². The Bertz CT molecular complexity index is 576. The van der Waals surface area contributed by atoms with Crippen molar-refractivity contribution in [1.29, 1.82) is 0 Å². The van der Waals surface area contributed by atoms with Gasteiger partial charge in [-0.2, -0.15) is 0 Å². The highest BCUT2D eigenvalue weighted by Crippen LogP contribution is 2.48. The summed E-state index contributed by atoms with van der Waals surface area (Å²) in [6.45, 7) is 7.93. The first-order valence-electron chi connectivity index (χ1n) is 8.97. The van der Waals surface area contributed by atoms with E-state index in [1.807, 2.05) is 11.0 Å². The number of aliphatic hydroxyl groups excluding tert-OH is 1. The van der Waals surface area contributed by atoms with Crippen molar-refractivity contribution in [2.24, 2.45) is 11.3 Å². The normalized spacial score (nSPS) is 27.1. The van der Waals surface area contributed by atoms with E-state index in [1.165, 1.54) is 0 Å². The molecule has 2 atom stereocenters. The van der Waals surface area contributed by atoms with Crippen LogP contribution in [0, 0.1) is 11.3 Å². The van der Waals surface area contributed by atoms with Crippen LogP contribution in [0.1, 0.15) is 51.5 Å². The topological polar surface area (TPSA) is 78.6 Å². The number of aromatic nitrogens is 1. The number of aliphatic hydroxyl groups is 1. The standard InChI is InChI=1S/C18H29N3O3/c1-12(23)21-6-4-14(5-7-21)19-17-9-13(18(17,2)3)8-15-10-16(11-22)24-20-15/h10,13-14,17,19,22H,4-9,11H2,1-3H3/t13-,17+/m1/s1. The van der Waals surface area contributed by atoms with Crippen molar-refractivity contribution in [3.63, 3.8) is 0 Å². The summed E-state index contributed by atoms with van der Waals surface area (Å²) in [7, 11) is 0. The predicted molar refractivity (Wildman–Crippen MR) is 90.2 cm³/mol. The first-order valence-corrected chi connectivity index (χ1v) is 8.97. The number of nitrogens with one attached hydrogen (secondary N) is 1. The maximum Gasteiger partial charge on any atom is 0.219 e. The molecule has 1 saturated heterocycles. The maximum absolute atomic E-state index is 11.4. The Morgan fingerprint density at radius 1 is 1.46 bits per heavy atom. The van der Waals surface area contributed by atoms with Gasteiger partial charge in [0.2, 0.25) is 5.91 Å². The Morgan fingerprint density at radius 2 is 2.17 bits per heavy atom. The number of nitrogens with zero attached hydrogens (tertiary/aromatic N) is 2. The van der Waals surface area contributed by atoms with Gasteiger partial charge in [0, 0.05) is 38.2 Å². The number of hydrogen-bond donors (Lipinski definition) is 2. The summed E-state index contributed by atoms with van der Waals surface area (Å²) in [5.74, 6) is 1.30. The van der Waals surface area contributed by atoms with Crippen LogP contribution in [-0.4, -0.2) is 46.2 Å². The minimum atomic E-state index is -0.0931. The van der Waals surface area contributed by atoms with Crippen molar-refractivity contribution in [1.82, 2.24) is 15.4 Å². The van der Waals surface area contributed by atoms with Crippen LogP contribution < -0.4 is 5.32 Å². The second kappa shape index (κ2) is 6.84. The number of piperidine rings is 1. The lowest BCUT2D eigenvalue weighted by Gasteiger charge is -2.54. The van der Waals surface area contributed by atoms with Gasteiger partial charge in [-0.15, -0.1) is 0 Å². The summed E-state index contributed by atoms with van der Waals surface area (Å²) < 4.78 is 5.08. The molecule has 0 radical (unpaired) electrons. The molecular weight excluding hydrogens is 306 g/mol. The first-order chi connectivity index (χ1) is 11.4. The van der Waals surface area contributed by atoms with E-state index in [0.29, 0.717) is 23.8 Å². The van der Waals surface area contributed by atoms with E-state index in [1.54, 1.807) is 6.92 Å². The lowest BCUT2D eigenvalue weighted by molar-refractivity contribution is -0.130. The largest absolute Gasteiger partial charge is 0.388 e. The Kier molecular flexibility index (Phi) is 4.97. The van der Waals surface area contributed by atoms with Gasteiger partial charge in [-0.1, -0.05) is 19.0 Å². The lowest BCUT2D eigenvalue weighted by Crippen LogP contribution is -2.61. The van der Waals surface area contributed by atoms with Crippen LogP contribution in [0.2, 0.25) is 0 Å². The third kappa shape index (κ3) is 3.49. The summed E-state index contributed by atoms with van der Waals surface area (Å²) in [6.07, 6.45) is 4.12. The molecular formula is C18H29N3O3. The van der Waals surface area contributed by atoms with Gasteiger partial charge < -0.3 is 19.8 Å². The molecule has 2 fully saturated rings. The maximum atomic E-state index is 11.4. The second-order valence-corrected chi connectivity index (χ2v) is 7.90. The van der Waals surface area contributed by atoms with Gasteiger partial charge in [0.1, 0.15) is 6.61 Å². The highest BCUT2D eigenvalue weighted by molar-refractivity contribution is 5.73. The zero-order valence-electron chi connectivity index (χ0n) is 14.9. The van der Waals surface area contributed by atoms with Crippen molar-refractivity contribution in [2.75, 3.05) is 13.1 Å². The van der Waals surface area contributed by atoms with Crippen molar-refractivity contribution in [2.45, 2.75) is 65.1 Å². The minimum absolute atomic E-state index is 0.0931. The fraction of sp³-hybridized carbons (Fsp3) is 0.778. The van der Waals surface area contributed by atoms with Gasteiger partial charge in [-0.25, -0.2) is 0 Å². The Morgan fingerprint density at radius 3 is 2.71 bits per heavy atom. The Balaban J connectivity index is 1.48. The average Bonchev–Trinajstić information content (AvgIpc) is 3.02. The van der Waals surface area contributed by atoms with Crippen LogP contribution in [0.25, 0.3) is 0 Å². The van der Waals surface area contributed by atoms with Gasteiger partial charge in [0.05, 0.1) is 5.69 Å². The third-order valence-corrected chi connectivity index (χ3v) is 6.07. The predicted octanol–water partition coefficient (Wildman–Crippen LogP) is 1.72. The summed E-state index contributed by atoms with van der Waals surface area (Å²) in [6, 6.07) is 2.88. The molecule has 1 aliphatic carbocycles. The van der Waals surface area contributed by atoms with Gasteiger partial charge in [-0.05, 0) is 37.0 Å². The van der Waals surface area contributed by atoms with E-state index in [-0.39, 0.29) is 17.9 Å². The lowest BCUT2D eigenvalue weighted by atomic mass is 9.57. The molecule has 1 aliphatic heterocycles. The average molecular weight is 335 g/mol. The van der Waals surface area contributed by atoms with Crippen LogP contribution in [0.3, 0.4) is 0 Å². The number of carbonyl (C=O) groups is 1. The molecule has 1 aromatic rings. The fourth-order valence-corrected chi connectivity index (χ4v) is 4.07. The van der Waals surface area contributed by atoms with Crippen LogP contribution in [0.5, 0.6) is 0 Å². The highest BCUT2D eigenvalue weighted by Gasteiger charge is 2.48. The van der Waals surface area contributed by atoms with Crippen LogP contribution in [-0.2, 0) is 17.8 Å². The number of likely N-dealkylation sites (tertiary alicyclic amines) is 1. The number of carbonyl (C=O) groups excluding carboxylic acids is 1. The number of amides is 1. The van der Waals surface area contributed by atoms with E-state index in [2.05, 4.69) is 24.3 Å². The van der Waals surface area contributed by atoms with E-state index >= 15 is 0 Å². The molecule has 0 spiro atoms. The van der Waals surface area contributed by atoms with Crippen molar-refractivity contribution in [3.8, 4) is 0 Å². The minimum Gasteiger partial charge on any atom is -0.388 e. The smallest absolute Gasteiger partial charge is 0.219 e. The molecule has 0 aromatic carbocycles. The molecule has 134 valence electrons. The second-order valence-electron chi connectivity index (χ2n) is 7.90. The summed E-state index contributed by atoms with van der Waals surface area (Å²) in [5.41, 5.74) is 1.15. The molecule has 1 saturated carbocycles. The van der Waals surface area contributed by atoms with Gasteiger partial charge in [-0.3, -0.25) is 4.79 Å². The molecule has 1 amide bonds. The molecule has 6 heteroatoms. The van der Waals surface area contributed by atoms with Gasteiger partial charge >= 0.3 is 0 Å².